The van der Waals surface area contributed by atoms with Crippen molar-refractivity contribution in [1.29, 1.82) is 0 Å². The molecule has 0 saturated carbocycles. The van der Waals surface area contributed by atoms with E-state index >= 15 is 0 Å². The number of rotatable bonds is 2. The van der Waals surface area contributed by atoms with Gasteiger partial charge in [0.15, 0.2) is 0 Å². The number of fused-ring (bicyclic) bond motifs is 1. The normalized spacial score (nSPS) is 10.7. The molecule has 0 unspecified atom stereocenters. The number of carbonyl (C=O) groups is 1. The average molecular weight is 277 g/mol. The minimum atomic E-state index is -0.326. The lowest BCUT2D eigenvalue weighted by Crippen LogP contribution is -1.96. The summed E-state index contributed by atoms with van der Waals surface area (Å²) < 4.78 is 4.87. The lowest BCUT2D eigenvalue weighted by Gasteiger charge is -1.96. The number of halogens is 2. The zero-order chi connectivity index (χ0) is 11.7. The highest BCUT2D eigenvalue weighted by molar-refractivity contribution is 7.18. The van der Waals surface area contributed by atoms with Crippen LogP contribution in [-0.4, -0.2) is 15.9 Å². The fourth-order valence-corrected chi connectivity index (χ4v) is 2.64. The largest absolute Gasteiger partial charge is 0.460 e. The molecule has 0 spiro atoms. The second kappa shape index (κ2) is 4.53. The molecule has 0 radical (unpaired) electrons. The summed E-state index contributed by atoms with van der Waals surface area (Å²) in [7, 11) is 0. The number of ether oxygens (including phenoxy) is 1. The van der Waals surface area contributed by atoms with Crippen LogP contribution in [0.15, 0.2) is 6.07 Å². The van der Waals surface area contributed by atoms with Gasteiger partial charge in [-0.05, 0) is 17.7 Å². The Bertz CT molecular complexity index is 556. The van der Waals surface area contributed by atoms with Crippen molar-refractivity contribution in [2.75, 3.05) is 0 Å². The van der Waals surface area contributed by atoms with Crippen molar-refractivity contribution in [1.82, 2.24) is 9.97 Å². The number of aromatic nitrogens is 2. The predicted molar refractivity (Wildman–Crippen MR) is 62.9 cm³/mol. The third-order valence-corrected chi connectivity index (χ3v) is 3.25. The van der Waals surface area contributed by atoms with E-state index < -0.39 is 0 Å². The molecule has 2 aromatic rings. The van der Waals surface area contributed by atoms with E-state index in [-0.39, 0.29) is 17.9 Å². The SMILES string of the molecule is CC(=O)OCc1cc2c(Cl)nc(Cl)nc2s1. The minimum Gasteiger partial charge on any atom is -0.460 e. The van der Waals surface area contributed by atoms with Crippen molar-refractivity contribution >= 4 is 50.7 Å². The Morgan fingerprint density at radius 1 is 1.50 bits per heavy atom. The third-order valence-electron chi connectivity index (χ3n) is 1.79. The Hall–Kier alpha value is -0.910. The Morgan fingerprint density at radius 2 is 2.25 bits per heavy atom. The molecule has 7 heteroatoms. The van der Waals surface area contributed by atoms with Gasteiger partial charge in [-0.1, -0.05) is 11.6 Å². The van der Waals surface area contributed by atoms with Crippen LogP contribution in [0.1, 0.15) is 11.8 Å². The summed E-state index contributed by atoms with van der Waals surface area (Å²) in [5.41, 5.74) is 0. The number of thiophene rings is 1. The molecule has 0 aliphatic carbocycles. The first-order valence-corrected chi connectivity index (χ1v) is 5.88. The molecule has 2 heterocycles. The van der Waals surface area contributed by atoms with Gasteiger partial charge in [-0.15, -0.1) is 11.3 Å². The summed E-state index contributed by atoms with van der Waals surface area (Å²) in [5.74, 6) is -0.326. The van der Waals surface area contributed by atoms with E-state index in [9.17, 15) is 4.79 Å². The van der Waals surface area contributed by atoms with Gasteiger partial charge in [0, 0.05) is 17.2 Å². The fourth-order valence-electron chi connectivity index (χ4n) is 1.16. The minimum absolute atomic E-state index is 0.110. The van der Waals surface area contributed by atoms with E-state index in [1.54, 1.807) is 6.07 Å². The van der Waals surface area contributed by atoms with Gasteiger partial charge in [0.2, 0.25) is 5.28 Å². The number of hydrogen-bond donors (Lipinski definition) is 0. The highest BCUT2D eigenvalue weighted by atomic mass is 35.5. The van der Waals surface area contributed by atoms with Gasteiger partial charge in [-0.2, -0.15) is 0 Å². The second-order valence-electron chi connectivity index (χ2n) is 3.00. The predicted octanol–water partition coefficient (Wildman–Crippen LogP) is 3.06. The molecule has 84 valence electrons. The van der Waals surface area contributed by atoms with E-state index in [1.165, 1.54) is 18.3 Å². The molecule has 0 aliphatic heterocycles. The van der Waals surface area contributed by atoms with Crippen molar-refractivity contribution in [2.24, 2.45) is 0 Å². The third kappa shape index (κ3) is 2.42. The molecule has 0 amide bonds. The molecule has 0 bridgehead atoms. The summed E-state index contributed by atoms with van der Waals surface area (Å²) in [6, 6.07) is 1.79. The second-order valence-corrected chi connectivity index (χ2v) is 4.81. The number of carbonyl (C=O) groups excluding carboxylic acids is 1. The van der Waals surface area contributed by atoms with Gasteiger partial charge in [0.25, 0.3) is 0 Å². The zero-order valence-electron chi connectivity index (χ0n) is 8.16. The first-order valence-electron chi connectivity index (χ1n) is 4.31. The van der Waals surface area contributed by atoms with Crippen molar-refractivity contribution in [3.8, 4) is 0 Å². The lowest BCUT2D eigenvalue weighted by molar-refractivity contribution is -0.142. The van der Waals surface area contributed by atoms with Gasteiger partial charge in [0.05, 0.1) is 0 Å². The van der Waals surface area contributed by atoms with Gasteiger partial charge < -0.3 is 4.74 Å². The topological polar surface area (TPSA) is 52.1 Å². The highest BCUT2D eigenvalue weighted by Crippen LogP contribution is 2.30. The van der Waals surface area contributed by atoms with Gasteiger partial charge >= 0.3 is 5.97 Å². The maximum atomic E-state index is 10.7. The standard InChI is InChI=1S/C9H6Cl2N2O2S/c1-4(14)15-3-5-2-6-7(10)12-9(11)13-8(6)16-5/h2H,3H2,1H3. The molecule has 4 nitrogen and oxygen atoms in total. The van der Waals surface area contributed by atoms with E-state index in [1.807, 2.05) is 0 Å². The molecule has 16 heavy (non-hydrogen) atoms. The maximum absolute atomic E-state index is 10.7. The van der Waals surface area contributed by atoms with Gasteiger partial charge in [0.1, 0.15) is 16.6 Å². The van der Waals surface area contributed by atoms with Crippen LogP contribution in [0.3, 0.4) is 0 Å². The first kappa shape index (κ1) is 11.6. The zero-order valence-corrected chi connectivity index (χ0v) is 10.5. The number of nitrogens with zero attached hydrogens (tertiary/aromatic N) is 2. The van der Waals surface area contributed by atoms with Crippen LogP contribution in [0, 0.1) is 0 Å². The molecule has 0 aliphatic rings. The first-order chi connectivity index (χ1) is 7.56. The Balaban J connectivity index is 2.36. The summed E-state index contributed by atoms with van der Waals surface area (Å²) in [4.78, 5) is 20.1. The quantitative estimate of drug-likeness (QED) is 0.481. The summed E-state index contributed by atoms with van der Waals surface area (Å²) in [6.45, 7) is 1.57. The van der Waals surface area contributed by atoms with Crippen LogP contribution in [0.25, 0.3) is 10.2 Å². The van der Waals surface area contributed by atoms with E-state index in [4.69, 9.17) is 27.9 Å². The Labute approximate surface area is 105 Å². The van der Waals surface area contributed by atoms with Crippen molar-refractivity contribution < 1.29 is 9.53 Å². The van der Waals surface area contributed by atoms with E-state index in [0.717, 1.165) is 10.3 Å². The Morgan fingerprint density at radius 3 is 2.94 bits per heavy atom. The summed E-state index contributed by atoms with van der Waals surface area (Å²) in [5, 5.41) is 1.14. The van der Waals surface area contributed by atoms with Crippen LogP contribution in [0.2, 0.25) is 10.4 Å². The molecule has 0 aromatic carbocycles. The smallest absolute Gasteiger partial charge is 0.302 e. The molecule has 0 fully saturated rings. The molecule has 0 saturated heterocycles. The fraction of sp³-hybridized carbons (Fsp3) is 0.222. The number of hydrogen-bond acceptors (Lipinski definition) is 5. The molecular weight excluding hydrogens is 271 g/mol. The molecule has 0 N–H and O–H groups in total. The molecule has 2 rings (SSSR count). The van der Waals surface area contributed by atoms with Crippen molar-refractivity contribution in [3.05, 3.63) is 21.4 Å². The van der Waals surface area contributed by atoms with Crippen LogP contribution < -0.4 is 0 Å². The van der Waals surface area contributed by atoms with Crippen LogP contribution in [0.5, 0.6) is 0 Å². The lowest BCUT2D eigenvalue weighted by atomic mass is 10.4. The molecular formula is C9H6Cl2N2O2S. The average Bonchev–Trinajstić information content (AvgIpc) is 2.57. The molecule has 0 atom stereocenters. The summed E-state index contributed by atoms with van der Waals surface area (Å²) in [6.07, 6.45) is 0. The Kier molecular flexibility index (Phi) is 3.28. The van der Waals surface area contributed by atoms with E-state index in [0.29, 0.717) is 9.98 Å². The monoisotopic (exact) mass is 276 g/mol. The molecule has 2 aromatic heterocycles. The highest BCUT2D eigenvalue weighted by Gasteiger charge is 2.10. The van der Waals surface area contributed by atoms with Crippen LogP contribution >= 0.6 is 34.5 Å². The van der Waals surface area contributed by atoms with Crippen LogP contribution in [-0.2, 0) is 16.1 Å². The van der Waals surface area contributed by atoms with Gasteiger partial charge in [-0.25, -0.2) is 9.97 Å². The maximum Gasteiger partial charge on any atom is 0.302 e. The van der Waals surface area contributed by atoms with Crippen LogP contribution in [0.4, 0.5) is 0 Å². The van der Waals surface area contributed by atoms with Crippen molar-refractivity contribution in [3.63, 3.8) is 0 Å². The van der Waals surface area contributed by atoms with Crippen molar-refractivity contribution in [2.45, 2.75) is 13.5 Å². The van der Waals surface area contributed by atoms with E-state index in [2.05, 4.69) is 9.97 Å². The van der Waals surface area contributed by atoms with Gasteiger partial charge in [-0.3, -0.25) is 4.79 Å². The number of esters is 1. The summed E-state index contributed by atoms with van der Waals surface area (Å²) >= 11 is 12.9.